The van der Waals surface area contributed by atoms with Gasteiger partial charge >= 0.3 is 12.1 Å². The summed E-state index contributed by atoms with van der Waals surface area (Å²) in [4.78, 5) is 24.6. The molecule has 0 aliphatic carbocycles. The van der Waals surface area contributed by atoms with Crippen LogP contribution in [0.25, 0.3) is 0 Å². The second kappa shape index (κ2) is 16.6. The highest BCUT2D eigenvalue weighted by molar-refractivity contribution is 5.70. The van der Waals surface area contributed by atoms with Crippen LogP contribution in [0.2, 0.25) is 0 Å². The summed E-state index contributed by atoms with van der Waals surface area (Å²) in [5.41, 5.74) is -0.168. The first-order valence-corrected chi connectivity index (χ1v) is 14.0. The minimum absolute atomic E-state index is 0.0568. The summed E-state index contributed by atoms with van der Waals surface area (Å²) in [6.07, 6.45) is -2.07. The van der Waals surface area contributed by atoms with Crippen LogP contribution in [0.3, 0.4) is 0 Å². The molecule has 0 heterocycles. The summed E-state index contributed by atoms with van der Waals surface area (Å²) in [6.45, 7) is 13.6. The van der Waals surface area contributed by atoms with Crippen LogP contribution in [-0.4, -0.2) is 72.6 Å². The molecule has 40 heavy (non-hydrogen) atoms. The number of carbonyl (C=O) groups excluding carboxylic acids is 1. The number of carboxylic acids is 1. The van der Waals surface area contributed by atoms with E-state index >= 15 is 0 Å². The van der Waals surface area contributed by atoms with E-state index in [1.54, 1.807) is 67.0 Å². The van der Waals surface area contributed by atoms with Crippen LogP contribution in [0.4, 0.5) is 4.79 Å². The number of aliphatic hydroxyl groups is 2. The fraction of sp³-hybridized carbons (Fsp3) is 0.733. The van der Waals surface area contributed by atoms with Crippen LogP contribution in [0.15, 0.2) is 18.2 Å². The third-order valence-electron chi connectivity index (χ3n) is 6.85. The number of carboxylic acid groups (broad SMARTS) is 1. The molecule has 0 radical (unpaired) electrons. The van der Waals surface area contributed by atoms with Gasteiger partial charge in [0.1, 0.15) is 5.60 Å². The summed E-state index contributed by atoms with van der Waals surface area (Å²) in [5, 5.41) is 35.2. The lowest BCUT2D eigenvalue weighted by molar-refractivity contribution is -0.144. The molecule has 4 N–H and O–H groups in total. The second-order valence-electron chi connectivity index (χ2n) is 11.9. The smallest absolute Gasteiger partial charge is 0.407 e. The van der Waals surface area contributed by atoms with Crippen molar-refractivity contribution in [1.82, 2.24) is 5.32 Å². The Balaban J connectivity index is 3.29. The van der Waals surface area contributed by atoms with Crippen LogP contribution < -0.4 is 14.8 Å². The van der Waals surface area contributed by atoms with Crippen molar-refractivity contribution in [3.05, 3.63) is 23.8 Å². The number of hydrogen-bond acceptors (Lipinski definition) is 8. The minimum Gasteiger partial charge on any atom is -0.493 e. The Morgan fingerprint density at radius 1 is 0.950 bits per heavy atom. The highest BCUT2D eigenvalue weighted by Gasteiger charge is 2.35. The molecule has 0 aliphatic rings. The molecule has 0 spiro atoms. The first-order chi connectivity index (χ1) is 18.6. The molecule has 0 aliphatic heterocycles. The average molecular weight is 570 g/mol. The van der Waals surface area contributed by atoms with Crippen LogP contribution in [0.1, 0.15) is 79.4 Å². The standard InChI is InChI=1S/C30H51NO9/c1-18(2)21(27(33)20-11-12-25(38-9)26(15-20)39-14-10-13-37-8)16-23(31-29(36)40-30(5,6)7)24(32)17-22(19(3)4)28(34)35/h11-12,15,18-19,21-24,27,32-33H,10,13-14,16-17H2,1-9H3,(H,31,36)(H,34,35)/t21-,22-,23-,24-,27?/m0/s1. The predicted molar refractivity (Wildman–Crippen MR) is 153 cm³/mol. The minimum atomic E-state index is -1.18. The van der Waals surface area contributed by atoms with E-state index in [9.17, 15) is 24.9 Å². The van der Waals surface area contributed by atoms with Crippen molar-refractivity contribution in [2.45, 2.75) is 91.6 Å². The number of rotatable bonds is 17. The number of amides is 1. The van der Waals surface area contributed by atoms with E-state index in [2.05, 4.69) is 5.32 Å². The Labute approximate surface area is 239 Å². The predicted octanol–water partition coefficient (Wildman–Crippen LogP) is 4.81. The van der Waals surface area contributed by atoms with Gasteiger partial charge in [-0.3, -0.25) is 4.79 Å². The van der Waals surface area contributed by atoms with Gasteiger partial charge in [-0.1, -0.05) is 33.8 Å². The van der Waals surface area contributed by atoms with Crippen LogP contribution in [0.5, 0.6) is 11.5 Å². The van der Waals surface area contributed by atoms with Gasteiger partial charge in [0.15, 0.2) is 11.5 Å². The molecule has 5 atom stereocenters. The van der Waals surface area contributed by atoms with Gasteiger partial charge in [0.25, 0.3) is 0 Å². The molecular weight excluding hydrogens is 518 g/mol. The molecular formula is C30H51NO9. The largest absolute Gasteiger partial charge is 0.493 e. The first-order valence-electron chi connectivity index (χ1n) is 14.0. The van der Waals surface area contributed by atoms with Gasteiger partial charge in [0, 0.05) is 20.1 Å². The van der Waals surface area contributed by atoms with E-state index in [1.807, 2.05) is 13.8 Å². The molecule has 1 aromatic rings. The normalized spacial score (nSPS) is 15.7. The quantitative estimate of drug-likeness (QED) is 0.194. The summed E-state index contributed by atoms with van der Waals surface area (Å²) in [7, 11) is 3.16. The number of nitrogens with one attached hydrogen (secondary N) is 1. The van der Waals surface area contributed by atoms with Gasteiger partial charge in [-0.15, -0.1) is 0 Å². The van der Waals surface area contributed by atoms with Crippen molar-refractivity contribution in [2.75, 3.05) is 27.4 Å². The number of hydrogen-bond donors (Lipinski definition) is 4. The molecule has 1 unspecified atom stereocenters. The number of benzene rings is 1. The molecule has 0 bridgehead atoms. The maximum absolute atomic E-state index is 12.7. The zero-order valence-corrected chi connectivity index (χ0v) is 25.6. The lowest BCUT2D eigenvalue weighted by Gasteiger charge is -2.34. The molecule has 0 fully saturated rings. The highest BCUT2D eigenvalue weighted by atomic mass is 16.6. The Bertz CT molecular complexity index is 913. The monoisotopic (exact) mass is 569 g/mol. The Hall–Kier alpha value is -2.56. The third-order valence-corrected chi connectivity index (χ3v) is 6.85. The highest BCUT2D eigenvalue weighted by Crippen LogP contribution is 2.37. The number of ether oxygens (including phenoxy) is 4. The number of aliphatic hydroxyl groups excluding tert-OH is 2. The molecule has 1 amide bonds. The van der Waals surface area contributed by atoms with E-state index in [-0.39, 0.29) is 24.7 Å². The van der Waals surface area contributed by atoms with Gasteiger partial charge < -0.3 is 39.6 Å². The van der Waals surface area contributed by atoms with Crippen molar-refractivity contribution in [3.63, 3.8) is 0 Å². The molecule has 10 nitrogen and oxygen atoms in total. The number of aliphatic carboxylic acids is 1. The van der Waals surface area contributed by atoms with E-state index in [0.29, 0.717) is 36.7 Å². The molecule has 1 aromatic carbocycles. The van der Waals surface area contributed by atoms with Crippen molar-refractivity contribution < 1.29 is 43.9 Å². The Kier molecular flexibility index (Phi) is 14.8. The summed E-state index contributed by atoms with van der Waals surface area (Å²) >= 11 is 0. The molecule has 0 aromatic heterocycles. The molecule has 0 saturated heterocycles. The van der Waals surface area contributed by atoms with Crippen LogP contribution >= 0.6 is 0 Å². The van der Waals surface area contributed by atoms with E-state index in [1.165, 1.54) is 0 Å². The fourth-order valence-corrected chi connectivity index (χ4v) is 4.54. The van der Waals surface area contributed by atoms with Gasteiger partial charge in [-0.05, 0) is 69.1 Å². The lowest BCUT2D eigenvalue weighted by atomic mass is 9.79. The van der Waals surface area contributed by atoms with Gasteiger partial charge in [0.05, 0.1) is 37.9 Å². The zero-order valence-electron chi connectivity index (χ0n) is 25.6. The van der Waals surface area contributed by atoms with Gasteiger partial charge in [-0.2, -0.15) is 0 Å². The zero-order chi connectivity index (χ0) is 30.6. The number of methoxy groups -OCH3 is 2. The molecule has 230 valence electrons. The van der Waals surface area contributed by atoms with Gasteiger partial charge in [-0.25, -0.2) is 4.79 Å². The molecule has 10 heteroatoms. The van der Waals surface area contributed by atoms with E-state index < -0.39 is 47.7 Å². The second-order valence-corrected chi connectivity index (χ2v) is 11.9. The third kappa shape index (κ3) is 11.9. The molecule has 0 saturated carbocycles. The summed E-state index contributed by atoms with van der Waals surface area (Å²) in [6, 6.07) is 4.36. The van der Waals surface area contributed by atoms with E-state index in [0.717, 1.165) is 0 Å². The first kappa shape index (κ1) is 35.5. The topological polar surface area (TPSA) is 144 Å². The average Bonchev–Trinajstić information content (AvgIpc) is 2.85. The van der Waals surface area contributed by atoms with Crippen LogP contribution in [0, 0.1) is 23.7 Å². The summed E-state index contributed by atoms with van der Waals surface area (Å²) < 4.78 is 21.8. The maximum atomic E-state index is 12.7. The van der Waals surface area contributed by atoms with Crippen molar-refractivity contribution >= 4 is 12.1 Å². The number of carbonyl (C=O) groups is 2. The number of alkyl carbamates (subject to hydrolysis) is 1. The van der Waals surface area contributed by atoms with Gasteiger partial charge in [0.2, 0.25) is 0 Å². The lowest BCUT2D eigenvalue weighted by Crippen LogP contribution is -2.48. The Morgan fingerprint density at radius 3 is 2.10 bits per heavy atom. The van der Waals surface area contributed by atoms with Crippen molar-refractivity contribution in [1.29, 1.82) is 0 Å². The molecule has 1 rings (SSSR count). The van der Waals surface area contributed by atoms with Crippen molar-refractivity contribution in [2.24, 2.45) is 23.7 Å². The maximum Gasteiger partial charge on any atom is 0.407 e. The summed E-state index contributed by atoms with van der Waals surface area (Å²) in [5.74, 6) is -1.49. The fourth-order valence-electron chi connectivity index (χ4n) is 4.54. The van der Waals surface area contributed by atoms with Crippen LogP contribution in [-0.2, 0) is 14.3 Å². The Morgan fingerprint density at radius 2 is 1.60 bits per heavy atom. The SMILES string of the molecule is COCCCOc1cc(C(O)[C@@H](C[C@H](NC(=O)OC(C)(C)C)[C@@H](O)C[C@H](C(=O)O)C(C)C)C(C)C)ccc1OC. The van der Waals surface area contributed by atoms with E-state index in [4.69, 9.17) is 18.9 Å². The van der Waals surface area contributed by atoms with Crippen molar-refractivity contribution in [3.8, 4) is 11.5 Å².